The molecule has 4 aliphatic carbocycles. The van der Waals surface area contributed by atoms with Gasteiger partial charge in [0.05, 0.1) is 0 Å². The summed E-state index contributed by atoms with van der Waals surface area (Å²) in [6.07, 6.45) is 19.7. The van der Waals surface area contributed by atoms with Crippen molar-refractivity contribution in [2.75, 3.05) is 6.61 Å². The second-order valence-electron chi connectivity index (χ2n) is 22.1. The lowest BCUT2D eigenvalue weighted by molar-refractivity contribution is 0.140. The van der Waals surface area contributed by atoms with E-state index in [2.05, 4.69) is 46.7 Å². The number of hydrogen-bond donors (Lipinski definition) is 4. The molecule has 0 unspecified atom stereocenters. The van der Waals surface area contributed by atoms with Crippen molar-refractivity contribution in [1.82, 2.24) is 39.9 Å². The number of aryl methyl sites for hydroxylation is 6. The Morgan fingerprint density at radius 3 is 1.26 bits per heavy atom. The molecule has 4 aliphatic rings. The normalized spacial score (nSPS) is 14.5. The first-order chi connectivity index (χ1) is 40.5. The lowest BCUT2D eigenvalue weighted by Crippen LogP contribution is -2.16. The number of alkyl halides is 2. The smallest absolute Gasteiger partial charge is 0.337 e. The Balaban J connectivity index is 0.000000135. The largest absolute Gasteiger partial charge is 0.451 e. The molecule has 4 saturated carbocycles. The summed E-state index contributed by atoms with van der Waals surface area (Å²) in [5, 5.41) is 1.27. The third-order valence-electron chi connectivity index (χ3n) is 15.1. The fraction of sp³-hybridized carbons (Fsp3) is 0.508. The van der Waals surface area contributed by atoms with E-state index in [0.29, 0.717) is 58.2 Å². The molecule has 12 rings (SSSR count). The van der Waals surface area contributed by atoms with Gasteiger partial charge in [-0.25, -0.2) is 28.0 Å². The van der Waals surface area contributed by atoms with E-state index in [-0.39, 0.29) is 57.5 Å². The Morgan fingerprint density at radius 1 is 0.500 bits per heavy atom. The third-order valence-corrected chi connectivity index (χ3v) is 15.1. The molecule has 444 valence electrons. The Hall–Kier alpha value is -8.42. The van der Waals surface area contributed by atoms with Crippen LogP contribution >= 0.6 is 0 Å². The van der Waals surface area contributed by atoms with Crippen molar-refractivity contribution in [3.63, 3.8) is 0 Å². The quantitative estimate of drug-likeness (QED) is 0.0517. The molecule has 0 aliphatic heterocycles. The summed E-state index contributed by atoms with van der Waals surface area (Å²) in [7, 11) is 0. The lowest BCUT2D eigenvalue weighted by atomic mass is 10.1. The summed E-state index contributed by atoms with van der Waals surface area (Å²) < 4.78 is 50.5. The second-order valence-corrected chi connectivity index (χ2v) is 22.1. The number of aromatic amines is 4. The van der Waals surface area contributed by atoms with Crippen molar-refractivity contribution >= 4 is 44.4 Å². The van der Waals surface area contributed by atoms with Gasteiger partial charge in [0.1, 0.15) is 33.2 Å². The maximum atomic E-state index is 12.6. The van der Waals surface area contributed by atoms with E-state index in [0.717, 1.165) is 92.6 Å². The van der Waals surface area contributed by atoms with E-state index in [9.17, 15) is 47.1 Å². The summed E-state index contributed by atoms with van der Waals surface area (Å²) in [4.78, 5) is 121. The van der Waals surface area contributed by atoms with Crippen LogP contribution in [0.5, 0.6) is 6.01 Å². The third kappa shape index (κ3) is 16.9. The molecule has 0 amide bonds. The van der Waals surface area contributed by atoms with Crippen LogP contribution in [-0.2, 0) is 32.1 Å². The maximum Gasteiger partial charge on any atom is 0.337 e. The molecule has 0 spiro atoms. The lowest BCUT2D eigenvalue weighted by Gasteiger charge is -2.06. The minimum atomic E-state index is -2.93. The van der Waals surface area contributed by atoms with E-state index in [1.54, 1.807) is 6.92 Å². The van der Waals surface area contributed by atoms with Gasteiger partial charge in [-0.1, -0.05) is 96.8 Å². The van der Waals surface area contributed by atoms with Crippen LogP contribution in [0.1, 0.15) is 169 Å². The minimum absolute atomic E-state index is 0.0104. The van der Waals surface area contributed by atoms with Crippen molar-refractivity contribution < 1.29 is 31.2 Å². The zero-order valence-electron chi connectivity index (χ0n) is 47.3. The van der Waals surface area contributed by atoms with Crippen LogP contribution in [0.2, 0.25) is 0 Å². The molecule has 0 saturated heterocycles. The van der Waals surface area contributed by atoms with Crippen molar-refractivity contribution in [3.05, 3.63) is 147 Å². The zero-order valence-corrected chi connectivity index (χ0v) is 47.3. The highest BCUT2D eigenvalue weighted by Gasteiger charge is 2.25. The number of hydrogen-bond acceptors (Lipinski definition) is 17. The molecule has 8 aromatic rings. The summed E-state index contributed by atoms with van der Waals surface area (Å²) >= 11 is 0. The molecule has 0 aromatic carbocycles. The molecule has 84 heavy (non-hydrogen) atoms. The summed E-state index contributed by atoms with van der Waals surface area (Å²) in [6, 6.07) is 5.49. The molecular weight excluding hydrogens is 1090 g/mol. The molecule has 0 atom stereocenters. The fourth-order valence-corrected chi connectivity index (χ4v) is 10.1. The summed E-state index contributed by atoms with van der Waals surface area (Å²) in [5.41, 5.74) is -0.817. The van der Waals surface area contributed by atoms with Crippen LogP contribution in [0.25, 0.3) is 44.4 Å². The van der Waals surface area contributed by atoms with Crippen molar-refractivity contribution in [1.29, 1.82) is 0 Å². The van der Waals surface area contributed by atoms with Gasteiger partial charge in [0.25, 0.3) is 28.7 Å². The van der Waals surface area contributed by atoms with Gasteiger partial charge in [-0.15, -0.1) is 5.92 Å². The zero-order chi connectivity index (χ0) is 59.4. The number of ether oxygens (including phenoxy) is 1. The summed E-state index contributed by atoms with van der Waals surface area (Å²) in [6.45, 7) is 5.61. The first kappa shape index (κ1) is 60.2. The van der Waals surface area contributed by atoms with Gasteiger partial charge in [-0.05, 0) is 104 Å². The summed E-state index contributed by atoms with van der Waals surface area (Å²) in [5.74, 6) is 9.13. The fourth-order valence-electron chi connectivity index (χ4n) is 10.1. The number of halogens is 2. The molecule has 0 bridgehead atoms. The van der Waals surface area contributed by atoms with Crippen molar-refractivity contribution in [2.45, 2.75) is 168 Å². The standard InChI is InChI=1S/C18H20N2O4.C15H18N2O3.C14H14F2N2O3.C14H16N2O3/c1-2-3-4-10-23-18-19-16(22)15-13(7-5-6-12-8-9-12)11-14(21)24-17(15)20-18;1-2-11-16-14(19)13-10(5-3-4-9-6-7-9)8-12(18)20-15(13)17-11;15-11(16)12-17-13(20)10-8(3-1-2-7-4-5-7)6-9(19)21-14(10)18-12;1-8-15-13(18)12-10(4-2-3-9-5-6-9)7-11(17)19-14(12)16-8/h11-12H,2,5-10H2,1H3,(H,19,20,22);8-9H,2-7H2,1H3,(H,16,17,19);6-7,11H,1-5H2,(H,17,18,20);7,9H,2-6H2,1H3,(H,15,16,18). The van der Waals surface area contributed by atoms with Crippen LogP contribution < -0.4 is 49.5 Å². The van der Waals surface area contributed by atoms with E-state index >= 15 is 0 Å². The van der Waals surface area contributed by atoms with Gasteiger partial charge in [0, 0.05) is 37.1 Å². The van der Waals surface area contributed by atoms with E-state index < -0.39 is 40.3 Å². The SMILES string of the molecule is CCC#CCOc1nc2oc(=O)cc(CCCC3CC3)c2c(=O)[nH]1.CCc1nc2oc(=O)cc(CCCC3CC3)c2c(=O)[nH]1.Cc1nc2oc(=O)cc(CCCC3CC3)c2c(=O)[nH]1.O=c1cc(CCCC2CC2)c2c(=O)[nH]c(C(F)F)nc2o1. The molecule has 8 heterocycles. The average molecular weight is 1160 g/mol. The van der Waals surface area contributed by atoms with Gasteiger partial charge < -0.3 is 37.4 Å². The highest BCUT2D eigenvalue weighted by Crippen LogP contribution is 2.36. The van der Waals surface area contributed by atoms with Gasteiger partial charge >= 0.3 is 28.5 Å². The average Bonchev–Trinajstić information content (AvgIpc) is 2.71. The van der Waals surface area contributed by atoms with E-state index in [1.807, 2.05) is 18.8 Å². The van der Waals surface area contributed by atoms with Crippen LogP contribution in [0.3, 0.4) is 0 Å². The number of nitrogens with one attached hydrogen (secondary N) is 4. The number of rotatable bonds is 20. The van der Waals surface area contributed by atoms with Crippen LogP contribution in [0, 0.1) is 42.4 Å². The van der Waals surface area contributed by atoms with Gasteiger partial charge in [0.2, 0.25) is 22.9 Å². The molecule has 8 aromatic heterocycles. The molecule has 4 fully saturated rings. The van der Waals surface area contributed by atoms with Crippen LogP contribution in [0.15, 0.2) is 80.3 Å². The Kier molecular flexibility index (Phi) is 19.9. The highest BCUT2D eigenvalue weighted by molar-refractivity contribution is 5.78. The van der Waals surface area contributed by atoms with Crippen molar-refractivity contribution in [3.8, 4) is 17.9 Å². The predicted molar refractivity (Wildman–Crippen MR) is 309 cm³/mol. The molecule has 4 N–H and O–H groups in total. The molecule has 23 heteroatoms. The molecule has 21 nitrogen and oxygen atoms in total. The Bertz CT molecular complexity index is 4230. The molecule has 0 radical (unpaired) electrons. The van der Waals surface area contributed by atoms with Crippen LogP contribution in [0.4, 0.5) is 8.78 Å². The number of H-pyrrole nitrogens is 4. The van der Waals surface area contributed by atoms with Crippen molar-refractivity contribution in [2.24, 2.45) is 23.7 Å². The van der Waals surface area contributed by atoms with E-state index in [1.165, 1.54) is 88.5 Å². The van der Waals surface area contributed by atoms with Crippen LogP contribution in [-0.4, -0.2) is 46.5 Å². The van der Waals surface area contributed by atoms with Gasteiger partial charge in [0.15, 0.2) is 12.4 Å². The minimum Gasteiger partial charge on any atom is -0.451 e. The first-order valence-corrected chi connectivity index (χ1v) is 29.1. The highest BCUT2D eigenvalue weighted by atomic mass is 19.3. The van der Waals surface area contributed by atoms with Gasteiger partial charge in [-0.3, -0.25) is 24.2 Å². The topological polar surface area (TPSA) is 313 Å². The number of aromatic nitrogens is 8. The number of nitrogens with zero attached hydrogens (tertiary/aromatic N) is 4. The first-order valence-electron chi connectivity index (χ1n) is 29.1. The number of fused-ring (bicyclic) bond motifs is 4. The maximum absolute atomic E-state index is 12.6. The van der Waals surface area contributed by atoms with Gasteiger partial charge in [-0.2, -0.15) is 19.9 Å². The molecular formula is C61H68F2N8O13. The Labute approximate surface area is 477 Å². The predicted octanol–water partition coefficient (Wildman–Crippen LogP) is 9.04. The Morgan fingerprint density at radius 2 is 0.869 bits per heavy atom. The van der Waals surface area contributed by atoms with E-state index in [4.69, 9.17) is 22.4 Å². The monoisotopic (exact) mass is 1160 g/mol. The second kappa shape index (κ2) is 27.8.